The molecule has 0 unspecified atom stereocenters. The molecule has 0 aromatic carbocycles. The Morgan fingerprint density at radius 3 is 2.62 bits per heavy atom. The summed E-state index contributed by atoms with van der Waals surface area (Å²) < 4.78 is 5.82. The smallest absolute Gasteiger partial charge is 0.0604 e. The van der Waals surface area contributed by atoms with E-state index < -0.39 is 0 Å². The van der Waals surface area contributed by atoms with Gasteiger partial charge in [-0.25, -0.2) is 0 Å². The average molecular weight is 228 g/mol. The van der Waals surface area contributed by atoms with Crippen LogP contribution in [0.25, 0.3) is 0 Å². The van der Waals surface area contributed by atoms with Crippen LogP contribution in [0.4, 0.5) is 0 Å². The first kappa shape index (κ1) is 13.9. The van der Waals surface area contributed by atoms with Gasteiger partial charge >= 0.3 is 0 Å². The van der Waals surface area contributed by atoms with Gasteiger partial charge in [0.05, 0.1) is 6.10 Å². The lowest BCUT2D eigenvalue weighted by atomic mass is 9.89. The van der Waals surface area contributed by atoms with Crippen LogP contribution in [0, 0.1) is 0 Å². The molecule has 1 aliphatic rings. The number of nitrogens with zero attached hydrogens (tertiary/aromatic N) is 1. The van der Waals surface area contributed by atoms with Crippen LogP contribution < -0.4 is 5.32 Å². The molecule has 1 N–H and O–H groups in total. The van der Waals surface area contributed by atoms with Crippen LogP contribution in [-0.2, 0) is 4.74 Å². The summed E-state index contributed by atoms with van der Waals surface area (Å²) in [5.74, 6) is 0. The van der Waals surface area contributed by atoms with Gasteiger partial charge in [-0.2, -0.15) is 0 Å². The summed E-state index contributed by atoms with van der Waals surface area (Å²) in [6, 6.07) is 0.720. The maximum absolute atomic E-state index is 5.82. The Labute approximate surface area is 101 Å². The van der Waals surface area contributed by atoms with Gasteiger partial charge in [0.15, 0.2) is 0 Å². The molecule has 1 aliphatic carbocycles. The van der Waals surface area contributed by atoms with Crippen LogP contribution in [-0.4, -0.2) is 50.3 Å². The van der Waals surface area contributed by atoms with Gasteiger partial charge < -0.3 is 15.0 Å². The third-order valence-electron chi connectivity index (χ3n) is 3.23. The van der Waals surface area contributed by atoms with E-state index in [1.54, 1.807) is 0 Å². The lowest BCUT2D eigenvalue weighted by Crippen LogP contribution is -2.45. The Morgan fingerprint density at radius 1 is 1.25 bits per heavy atom. The normalized spacial score (nSPS) is 24.8. The zero-order valence-corrected chi connectivity index (χ0v) is 11.2. The van der Waals surface area contributed by atoms with Gasteiger partial charge in [-0.15, -0.1) is 0 Å². The number of rotatable bonds is 9. The standard InChI is InChI=1S/C13H28N2O/c1-4-7-15(3)8-6-9-16-13-10-12(11-13)14-5-2/h12-14H,4-11H2,1-3H3/t12-,13-. The lowest BCUT2D eigenvalue weighted by molar-refractivity contribution is -0.0186. The van der Waals surface area contributed by atoms with Crippen molar-refractivity contribution in [3.63, 3.8) is 0 Å². The third kappa shape index (κ3) is 5.28. The monoisotopic (exact) mass is 228 g/mol. The zero-order chi connectivity index (χ0) is 11.8. The highest BCUT2D eigenvalue weighted by molar-refractivity contribution is 4.85. The number of ether oxygens (including phenoxy) is 1. The second-order valence-electron chi connectivity index (χ2n) is 4.88. The molecule has 0 saturated heterocycles. The van der Waals surface area contributed by atoms with Crippen LogP contribution in [0.2, 0.25) is 0 Å². The molecule has 0 bridgehead atoms. The summed E-state index contributed by atoms with van der Waals surface area (Å²) in [5, 5.41) is 3.45. The largest absolute Gasteiger partial charge is 0.378 e. The number of nitrogens with one attached hydrogen (secondary N) is 1. The van der Waals surface area contributed by atoms with Crippen molar-refractivity contribution in [2.24, 2.45) is 0 Å². The minimum Gasteiger partial charge on any atom is -0.378 e. The number of hydrogen-bond acceptors (Lipinski definition) is 3. The van der Waals surface area contributed by atoms with Crippen LogP contribution in [0.15, 0.2) is 0 Å². The fourth-order valence-corrected chi connectivity index (χ4v) is 2.24. The highest BCUT2D eigenvalue weighted by Crippen LogP contribution is 2.23. The molecule has 0 radical (unpaired) electrons. The predicted octanol–water partition coefficient (Wildman–Crippen LogP) is 1.88. The molecular formula is C13H28N2O. The highest BCUT2D eigenvalue weighted by atomic mass is 16.5. The van der Waals surface area contributed by atoms with Crippen molar-refractivity contribution in [3.05, 3.63) is 0 Å². The van der Waals surface area contributed by atoms with Crippen molar-refractivity contribution >= 4 is 0 Å². The van der Waals surface area contributed by atoms with Crippen LogP contribution in [0.1, 0.15) is 39.5 Å². The van der Waals surface area contributed by atoms with Crippen molar-refractivity contribution in [3.8, 4) is 0 Å². The molecular weight excluding hydrogens is 200 g/mol. The topological polar surface area (TPSA) is 24.5 Å². The van der Waals surface area contributed by atoms with E-state index in [-0.39, 0.29) is 0 Å². The number of hydrogen-bond donors (Lipinski definition) is 1. The summed E-state index contributed by atoms with van der Waals surface area (Å²) in [7, 11) is 2.19. The molecule has 0 amide bonds. The second kappa shape index (κ2) is 8.04. The van der Waals surface area contributed by atoms with Gasteiger partial charge in [0.2, 0.25) is 0 Å². The molecule has 1 fully saturated rings. The molecule has 1 saturated carbocycles. The van der Waals surface area contributed by atoms with E-state index in [0.717, 1.165) is 25.7 Å². The van der Waals surface area contributed by atoms with Crippen molar-refractivity contribution in [2.45, 2.75) is 51.7 Å². The quantitative estimate of drug-likeness (QED) is 0.610. The molecule has 3 heteroatoms. The van der Waals surface area contributed by atoms with Gasteiger partial charge in [-0.1, -0.05) is 13.8 Å². The minimum atomic E-state index is 0.528. The maximum atomic E-state index is 5.82. The maximum Gasteiger partial charge on any atom is 0.0604 e. The summed E-state index contributed by atoms with van der Waals surface area (Å²) in [6.45, 7) is 8.76. The van der Waals surface area contributed by atoms with E-state index in [0.29, 0.717) is 6.10 Å². The van der Waals surface area contributed by atoms with E-state index >= 15 is 0 Å². The molecule has 96 valence electrons. The van der Waals surface area contributed by atoms with Gasteiger partial charge in [0.1, 0.15) is 0 Å². The molecule has 0 spiro atoms. The van der Waals surface area contributed by atoms with Crippen LogP contribution in [0.5, 0.6) is 0 Å². The van der Waals surface area contributed by atoms with Crippen molar-refractivity contribution in [2.75, 3.05) is 33.3 Å². The molecule has 16 heavy (non-hydrogen) atoms. The lowest BCUT2D eigenvalue weighted by Gasteiger charge is -2.35. The molecule has 0 aromatic rings. The van der Waals surface area contributed by atoms with Gasteiger partial charge in [0.25, 0.3) is 0 Å². The van der Waals surface area contributed by atoms with Crippen molar-refractivity contribution < 1.29 is 4.74 Å². The first-order valence-corrected chi connectivity index (χ1v) is 6.79. The third-order valence-corrected chi connectivity index (χ3v) is 3.23. The minimum absolute atomic E-state index is 0.528. The second-order valence-corrected chi connectivity index (χ2v) is 4.88. The Bertz CT molecular complexity index is 169. The molecule has 0 aliphatic heterocycles. The average Bonchev–Trinajstić information content (AvgIpc) is 2.20. The Balaban J connectivity index is 1.86. The summed E-state index contributed by atoms with van der Waals surface area (Å²) in [6.07, 6.45) is 5.35. The van der Waals surface area contributed by atoms with Crippen LogP contribution >= 0.6 is 0 Å². The first-order valence-electron chi connectivity index (χ1n) is 6.79. The molecule has 3 nitrogen and oxygen atoms in total. The Hall–Kier alpha value is -0.120. The van der Waals surface area contributed by atoms with E-state index in [2.05, 4.69) is 31.1 Å². The summed E-state index contributed by atoms with van der Waals surface area (Å²) >= 11 is 0. The fourth-order valence-electron chi connectivity index (χ4n) is 2.24. The Kier molecular flexibility index (Phi) is 7.01. The van der Waals surface area contributed by atoms with Gasteiger partial charge in [-0.3, -0.25) is 0 Å². The van der Waals surface area contributed by atoms with Crippen LogP contribution in [0.3, 0.4) is 0 Å². The van der Waals surface area contributed by atoms with E-state index in [1.165, 1.54) is 32.2 Å². The van der Waals surface area contributed by atoms with Gasteiger partial charge in [-0.05, 0) is 45.8 Å². The molecule has 0 atom stereocenters. The SMILES string of the molecule is CCCN(C)CCCO[C@H]1C[C@H](NCC)C1. The summed E-state index contributed by atoms with van der Waals surface area (Å²) in [5.41, 5.74) is 0. The molecule has 1 rings (SSSR count). The summed E-state index contributed by atoms with van der Waals surface area (Å²) in [4.78, 5) is 2.38. The fraction of sp³-hybridized carbons (Fsp3) is 1.00. The molecule has 0 heterocycles. The van der Waals surface area contributed by atoms with E-state index in [9.17, 15) is 0 Å². The first-order chi connectivity index (χ1) is 7.76. The molecule has 0 aromatic heterocycles. The zero-order valence-electron chi connectivity index (χ0n) is 11.2. The Morgan fingerprint density at radius 2 is 2.00 bits per heavy atom. The van der Waals surface area contributed by atoms with Gasteiger partial charge in [0, 0.05) is 19.2 Å². The van der Waals surface area contributed by atoms with Crippen molar-refractivity contribution in [1.29, 1.82) is 0 Å². The van der Waals surface area contributed by atoms with E-state index in [4.69, 9.17) is 4.74 Å². The highest BCUT2D eigenvalue weighted by Gasteiger charge is 2.28. The van der Waals surface area contributed by atoms with Crippen molar-refractivity contribution in [1.82, 2.24) is 10.2 Å². The predicted molar refractivity (Wildman–Crippen MR) is 68.8 cm³/mol. The van der Waals surface area contributed by atoms with E-state index in [1.807, 2.05) is 0 Å².